The Balaban J connectivity index is 0.00000420. The largest absolute Gasteiger partial charge is 0.377 e. The van der Waals surface area contributed by atoms with Crippen LogP contribution < -0.4 is 15.4 Å². The van der Waals surface area contributed by atoms with Crippen LogP contribution in [0.15, 0.2) is 17.1 Å². The maximum Gasteiger partial charge on any atom is 0.213 e. The first kappa shape index (κ1) is 26.6. The Bertz CT molecular complexity index is 719. The smallest absolute Gasteiger partial charge is 0.213 e. The van der Waals surface area contributed by atoms with Crippen molar-refractivity contribution in [1.82, 2.24) is 15.4 Å². The zero-order chi connectivity index (χ0) is 20.4. The second-order valence-corrected chi connectivity index (χ2v) is 10.5. The molecule has 7 nitrogen and oxygen atoms in total. The van der Waals surface area contributed by atoms with E-state index in [-0.39, 0.29) is 48.4 Å². The lowest BCUT2D eigenvalue weighted by atomic mass is 10.1. The Labute approximate surface area is 196 Å². The summed E-state index contributed by atoms with van der Waals surface area (Å²) in [6.07, 6.45) is 3.97. The van der Waals surface area contributed by atoms with E-state index >= 15 is 0 Å². The number of thiophene rings is 1. The molecule has 1 fully saturated rings. The Morgan fingerprint density at radius 2 is 2.17 bits per heavy atom. The van der Waals surface area contributed by atoms with Crippen LogP contribution >= 0.6 is 35.3 Å². The summed E-state index contributed by atoms with van der Waals surface area (Å²) >= 11 is 1.80. The summed E-state index contributed by atoms with van der Waals surface area (Å²) in [6.45, 7) is 8.20. The number of ether oxygens (including phenoxy) is 1. The third-order valence-electron chi connectivity index (χ3n) is 4.47. The molecule has 0 aromatic carbocycles. The number of halogens is 1. The molecule has 1 aromatic rings. The van der Waals surface area contributed by atoms with Gasteiger partial charge in [0.15, 0.2) is 5.96 Å². The molecule has 29 heavy (non-hydrogen) atoms. The van der Waals surface area contributed by atoms with Gasteiger partial charge in [-0.15, -0.1) is 35.3 Å². The van der Waals surface area contributed by atoms with Crippen molar-refractivity contribution in [3.8, 4) is 0 Å². The molecule has 1 aromatic heterocycles. The minimum Gasteiger partial charge on any atom is -0.377 e. The van der Waals surface area contributed by atoms with Crippen LogP contribution in [0.2, 0.25) is 0 Å². The van der Waals surface area contributed by atoms with Crippen molar-refractivity contribution in [2.24, 2.45) is 4.99 Å². The molecule has 2 heterocycles. The van der Waals surface area contributed by atoms with E-state index in [9.17, 15) is 8.42 Å². The number of aliphatic imine (C=N–C) groups is 1. The number of aryl methyl sites for hydroxylation is 1. The Morgan fingerprint density at radius 1 is 1.38 bits per heavy atom. The van der Waals surface area contributed by atoms with Gasteiger partial charge in [-0.05, 0) is 52.2 Å². The number of rotatable bonds is 10. The van der Waals surface area contributed by atoms with Gasteiger partial charge >= 0.3 is 0 Å². The van der Waals surface area contributed by atoms with Gasteiger partial charge in [0.2, 0.25) is 10.0 Å². The average molecular weight is 559 g/mol. The normalized spacial score (nSPS) is 18.7. The molecule has 2 atom stereocenters. The molecular formula is C19H35IN4O3S2. The standard InChI is InChI=1S/C19H34N4O3S2.HI/c1-4-20-19(23-15(2)13-18-9-8-16(3)27-18)21-10-12-28(24,25)22-14-17-7-5-6-11-26-17;/h8-9,15,17,22H,4-7,10-14H2,1-3H3,(H2,20,21,23);1H. The fraction of sp³-hybridized carbons (Fsp3) is 0.737. The summed E-state index contributed by atoms with van der Waals surface area (Å²) in [4.78, 5) is 7.06. The highest BCUT2D eigenvalue weighted by Gasteiger charge is 2.17. The van der Waals surface area contributed by atoms with Crippen molar-refractivity contribution in [1.29, 1.82) is 0 Å². The van der Waals surface area contributed by atoms with Crippen molar-refractivity contribution in [2.45, 2.75) is 58.6 Å². The van der Waals surface area contributed by atoms with Crippen molar-refractivity contribution < 1.29 is 13.2 Å². The number of nitrogens with one attached hydrogen (secondary N) is 3. The molecule has 0 bridgehead atoms. The van der Waals surface area contributed by atoms with Gasteiger partial charge in [-0.3, -0.25) is 4.99 Å². The van der Waals surface area contributed by atoms with Crippen LogP contribution in [0.1, 0.15) is 42.9 Å². The van der Waals surface area contributed by atoms with Crippen LogP contribution in [0.25, 0.3) is 0 Å². The maximum atomic E-state index is 12.2. The first-order valence-electron chi connectivity index (χ1n) is 10.1. The Morgan fingerprint density at radius 3 is 2.79 bits per heavy atom. The summed E-state index contributed by atoms with van der Waals surface area (Å²) in [7, 11) is -3.36. The highest BCUT2D eigenvalue weighted by Crippen LogP contribution is 2.16. The SMILES string of the molecule is CCNC(=NCCS(=O)(=O)NCC1CCCCO1)NC(C)Cc1ccc(C)s1.I. The second-order valence-electron chi connectivity index (χ2n) is 7.18. The van der Waals surface area contributed by atoms with Crippen LogP contribution in [0.4, 0.5) is 0 Å². The van der Waals surface area contributed by atoms with E-state index in [1.54, 1.807) is 11.3 Å². The molecule has 168 valence electrons. The monoisotopic (exact) mass is 558 g/mol. The molecule has 0 radical (unpaired) electrons. The molecule has 1 aliphatic heterocycles. The van der Waals surface area contributed by atoms with Gasteiger partial charge in [-0.2, -0.15) is 0 Å². The molecule has 2 rings (SSSR count). The predicted octanol–water partition coefficient (Wildman–Crippen LogP) is 2.65. The summed E-state index contributed by atoms with van der Waals surface area (Å²) < 4.78 is 32.6. The fourth-order valence-corrected chi connectivity index (χ4v) is 4.97. The molecule has 3 N–H and O–H groups in total. The van der Waals surface area contributed by atoms with Crippen LogP contribution in [0, 0.1) is 6.92 Å². The van der Waals surface area contributed by atoms with E-state index in [1.807, 2.05) is 6.92 Å². The molecule has 0 saturated carbocycles. The third kappa shape index (κ3) is 11.0. The van der Waals surface area contributed by atoms with E-state index in [0.717, 1.165) is 38.8 Å². The summed E-state index contributed by atoms with van der Waals surface area (Å²) in [5, 5.41) is 6.54. The highest BCUT2D eigenvalue weighted by molar-refractivity contribution is 14.0. The lowest BCUT2D eigenvalue weighted by molar-refractivity contribution is 0.0200. The van der Waals surface area contributed by atoms with E-state index in [0.29, 0.717) is 12.5 Å². The van der Waals surface area contributed by atoms with E-state index in [4.69, 9.17) is 4.74 Å². The van der Waals surface area contributed by atoms with Gasteiger partial charge < -0.3 is 15.4 Å². The molecule has 1 aliphatic rings. The number of guanidine groups is 1. The van der Waals surface area contributed by atoms with E-state index in [1.165, 1.54) is 9.75 Å². The minimum atomic E-state index is -3.36. The summed E-state index contributed by atoms with van der Waals surface area (Å²) in [5.41, 5.74) is 0. The fourth-order valence-electron chi connectivity index (χ4n) is 3.04. The zero-order valence-corrected chi connectivity index (χ0v) is 21.5. The number of hydrogen-bond acceptors (Lipinski definition) is 5. The zero-order valence-electron chi connectivity index (χ0n) is 17.6. The molecule has 10 heteroatoms. The molecule has 1 saturated heterocycles. The van der Waals surface area contributed by atoms with Crippen molar-refractivity contribution >= 4 is 51.3 Å². The van der Waals surface area contributed by atoms with Gasteiger partial charge in [-0.25, -0.2) is 13.1 Å². The quantitative estimate of drug-likeness (QED) is 0.234. The molecule has 2 unspecified atom stereocenters. The number of hydrogen-bond donors (Lipinski definition) is 3. The molecule has 0 spiro atoms. The molecule has 0 amide bonds. The highest BCUT2D eigenvalue weighted by atomic mass is 127. The van der Waals surface area contributed by atoms with Crippen molar-refractivity contribution in [3.05, 3.63) is 21.9 Å². The average Bonchev–Trinajstić information content (AvgIpc) is 3.05. The van der Waals surface area contributed by atoms with Gasteiger partial charge in [0.05, 0.1) is 18.4 Å². The van der Waals surface area contributed by atoms with Gasteiger partial charge in [0.1, 0.15) is 0 Å². The third-order valence-corrected chi connectivity index (χ3v) is 6.82. The number of nitrogens with zero attached hydrogens (tertiary/aromatic N) is 1. The molecular weight excluding hydrogens is 523 g/mol. The number of sulfonamides is 1. The van der Waals surface area contributed by atoms with E-state index in [2.05, 4.69) is 46.3 Å². The first-order valence-corrected chi connectivity index (χ1v) is 12.5. The molecule has 0 aliphatic carbocycles. The lowest BCUT2D eigenvalue weighted by Crippen LogP contribution is -2.43. The lowest BCUT2D eigenvalue weighted by Gasteiger charge is -2.22. The van der Waals surface area contributed by atoms with Crippen LogP contribution in [-0.2, 0) is 21.2 Å². The van der Waals surface area contributed by atoms with E-state index < -0.39 is 10.0 Å². The van der Waals surface area contributed by atoms with Gasteiger partial charge in [0.25, 0.3) is 0 Å². The Hall–Kier alpha value is -0.430. The van der Waals surface area contributed by atoms with Crippen LogP contribution in [0.5, 0.6) is 0 Å². The first-order chi connectivity index (χ1) is 13.4. The van der Waals surface area contributed by atoms with Gasteiger partial charge in [-0.1, -0.05) is 0 Å². The van der Waals surface area contributed by atoms with Gasteiger partial charge in [0, 0.05) is 41.9 Å². The summed E-state index contributed by atoms with van der Waals surface area (Å²) in [6, 6.07) is 4.48. The summed E-state index contributed by atoms with van der Waals surface area (Å²) in [5.74, 6) is 0.614. The van der Waals surface area contributed by atoms with Crippen LogP contribution in [0.3, 0.4) is 0 Å². The Kier molecular flexibility index (Phi) is 12.7. The van der Waals surface area contributed by atoms with Crippen molar-refractivity contribution in [3.63, 3.8) is 0 Å². The maximum absolute atomic E-state index is 12.2. The van der Waals surface area contributed by atoms with Crippen LogP contribution in [-0.4, -0.2) is 58.5 Å². The minimum absolute atomic E-state index is 0. The second kappa shape index (κ2) is 13.8. The van der Waals surface area contributed by atoms with Crippen molar-refractivity contribution in [2.75, 3.05) is 32.0 Å². The topological polar surface area (TPSA) is 91.8 Å². The predicted molar refractivity (Wildman–Crippen MR) is 132 cm³/mol.